The highest BCUT2D eigenvalue weighted by Crippen LogP contribution is 2.14. The van der Waals surface area contributed by atoms with E-state index in [-0.39, 0.29) is 48.1 Å². The third kappa shape index (κ3) is 9.66. The number of hydrogen-bond donors (Lipinski definition) is 2. The monoisotopic (exact) mass is 459 g/mol. The molecule has 0 aromatic carbocycles. The van der Waals surface area contributed by atoms with Crippen LogP contribution in [0.5, 0.6) is 0 Å². The summed E-state index contributed by atoms with van der Waals surface area (Å²) >= 11 is 0. The Balaban J connectivity index is 0.00000441. The minimum absolute atomic E-state index is 0. The van der Waals surface area contributed by atoms with E-state index in [9.17, 15) is 21.6 Å². The number of aliphatic imine (C=N–C) groups is 1. The molecule has 1 rings (SSSR count). The molecule has 0 bridgehead atoms. The van der Waals surface area contributed by atoms with Gasteiger partial charge in [0.1, 0.15) is 6.61 Å². The van der Waals surface area contributed by atoms with E-state index < -0.39 is 22.6 Å². The molecule has 1 fully saturated rings. The first-order chi connectivity index (χ1) is 9.72. The summed E-state index contributed by atoms with van der Waals surface area (Å²) < 4.78 is 62.6. The van der Waals surface area contributed by atoms with Crippen LogP contribution in [0.4, 0.5) is 13.2 Å². The summed E-state index contributed by atoms with van der Waals surface area (Å²) in [7, 11) is -1.43. The number of hydrogen-bond acceptors (Lipinski definition) is 4. The zero-order valence-corrected chi connectivity index (χ0v) is 15.3. The SMILES string of the molecule is CN=C(NCCCOCC(F)(F)F)NC1CCS(=O)(=O)C1.I. The maximum absolute atomic E-state index is 11.8. The lowest BCUT2D eigenvalue weighted by Gasteiger charge is -2.16. The number of rotatable bonds is 6. The van der Waals surface area contributed by atoms with Crippen LogP contribution in [0.2, 0.25) is 0 Å². The van der Waals surface area contributed by atoms with Crippen LogP contribution in [0.15, 0.2) is 4.99 Å². The molecule has 0 saturated carbocycles. The first-order valence-electron chi connectivity index (χ1n) is 6.54. The number of nitrogens with zero attached hydrogens (tertiary/aromatic N) is 1. The Labute approximate surface area is 145 Å². The van der Waals surface area contributed by atoms with Gasteiger partial charge >= 0.3 is 6.18 Å². The van der Waals surface area contributed by atoms with Gasteiger partial charge in [-0.25, -0.2) is 8.42 Å². The van der Waals surface area contributed by atoms with Crippen molar-refractivity contribution < 1.29 is 26.3 Å². The molecule has 0 aromatic heterocycles. The molecule has 6 nitrogen and oxygen atoms in total. The molecule has 1 atom stereocenters. The lowest BCUT2D eigenvalue weighted by molar-refractivity contribution is -0.173. The fourth-order valence-electron chi connectivity index (χ4n) is 1.87. The molecule has 2 N–H and O–H groups in total. The molecule has 22 heavy (non-hydrogen) atoms. The first-order valence-corrected chi connectivity index (χ1v) is 8.36. The molecule has 1 saturated heterocycles. The largest absolute Gasteiger partial charge is 0.411 e. The molecule has 1 aliphatic heterocycles. The molecule has 0 amide bonds. The Hall–Kier alpha value is -0.300. The third-order valence-electron chi connectivity index (χ3n) is 2.82. The van der Waals surface area contributed by atoms with Crippen LogP contribution in [0, 0.1) is 0 Å². The van der Waals surface area contributed by atoms with Crippen LogP contribution in [-0.4, -0.2) is 64.9 Å². The maximum atomic E-state index is 11.8. The van der Waals surface area contributed by atoms with Crippen LogP contribution in [0.25, 0.3) is 0 Å². The second-order valence-electron chi connectivity index (χ2n) is 4.76. The normalized spacial score (nSPS) is 21.3. The quantitative estimate of drug-likeness (QED) is 0.268. The van der Waals surface area contributed by atoms with Gasteiger partial charge in [0.05, 0.1) is 11.5 Å². The molecule has 0 aromatic rings. The topological polar surface area (TPSA) is 79.8 Å². The average Bonchev–Trinajstić information content (AvgIpc) is 2.70. The number of halogens is 4. The van der Waals surface area contributed by atoms with Crippen molar-refractivity contribution in [1.29, 1.82) is 0 Å². The highest BCUT2D eigenvalue weighted by Gasteiger charge is 2.28. The predicted octanol–water partition coefficient (Wildman–Crippen LogP) is 0.925. The highest BCUT2D eigenvalue weighted by atomic mass is 127. The fourth-order valence-corrected chi connectivity index (χ4v) is 3.54. The Morgan fingerprint density at radius 1 is 1.41 bits per heavy atom. The van der Waals surface area contributed by atoms with Gasteiger partial charge in [-0.05, 0) is 12.8 Å². The van der Waals surface area contributed by atoms with Gasteiger partial charge in [-0.3, -0.25) is 4.99 Å². The van der Waals surface area contributed by atoms with Crippen molar-refractivity contribution in [3.63, 3.8) is 0 Å². The minimum atomic E-state index is -4.31. The summed E-state index contributed by atoms with van der Waals surface area (Å²) in [5, 5.41) is 5.88. The molecule has 1 unspecified atom stereocenters. The number of alkyl halides is 3. The minimum Gasteiger partial charge on any atom is -0.372 e. The molecule has 1 aliphatic rings. The van der Waals surface area contributed by atoms with Crippen LogP contribution >= 0.6 is 24.0 Å². The Morgan fingerprint density at radius 2 is 2.09 bits per heavy atom. The molecule has 1 heterocycles. The van der Waals surface area contributed by atoms with Crippen LogP contribution < -0.4 is 10.6 Å². The summed E-state index contributed by atoms with van der Waals surface area (Å²) in [6, 6.07) is -0.178. The first kappa shape index (κ1) is 21.7. The molecule has 11 heteroatoms. The maximum Gasteiger partial charge on any atom is 0.411 e. The second-order valence-corrected chi connectivity index (χ2v) is 6.99. The smallest absolute Gasteiger partial charge is 0.372 e. The van der Waals surface area contributed by atoms with Crippen molar-refractivity contribution in [2.45, 2.75) is 25.1 Å². The van der Waals surface area contributed by atoms with Gasteiger partial charge in [0.15, 0.2) is 15.8 Å². The molecular weight excluding hydrogens is 438 g/mol. The van der Waals surface area contributed by atoms with Crippen molar-refractivity contribution >= 4 is 39.8 Å². The zero-order valence-electron chi connectivity index (χ0n) is 12.1. The van der Waals surface area contributed by atoms with Crippen molar-refractivity contribution in [3.8, 4) is 0 Å². The van der Waals surface area contributed by atoms with E-state index in [1.807, 2.05) is 0 Å². The summed E-state index contributed by atoms with van der Waals surface area (Å²) in [6.07, 6.45) is -3.39. The van der Waals surface area contributed by atoms with Gasteiger partial charge in [0.2, 0.25) is 0 Å². The van der Waals surface area contributed by atoms with Gasteiger partial charge in [-0.1, -0.05) is 0 Å². The van der Waals surface area contributed by atoms with Crippen molar-refractivity contribution in [1.82, 2.24) is 10.6 Å². The lowest BCUT2D eigenvalue weighted by atomic mass is 10.3. The van der Waals surface area contributed by atoms with Crippen molar-refractivity contribution in [3.05, 3.63) is 0 Å². The predicted molar refractivity (Wildman–Crippen MR) is 88.5 cm³/mol. The number of ether oxygens (including phenoxy) is 1. The molecule has 0 spiro atoms. The Bertz CT molecular complexity index is 457. The van der Waals surface area contributed by atoms with Crippen LogP contribution in [-0.2, 0) is 14.6 Å². The van der Waals surface area contributed by atoms with Gasteiger partial charge < -0.3 is 15.4 Å². The number of guanidine groups is 1. The van der Waals surface area contributed by atoms with Gasteiger partial charge in [-0.15, -0.1) is 24.0 Å². The van der Waals surface area contributed by atoms with E-state index in [4.69, 9.17) is 0 Å². The van der Waals surface area contributed by atoms with E-state index in [0.29, 0.717) is 25.3 Å². The van der Waals surface area contributed by atoms with Gasteiger partial charge in [-0.2, -0.15) is 13.2 Å². The summed E-state index contributed by atoms with van der Waals surface area (Å²) in [5.74, 6) is 0.669. The standard InChI is InChI=1S/C11H20F3N3O3S.HI/c1-15-10(17-9-3-6-21(18,19)7-9)16-4-2-5-20-8-11(12,13)14;/h9H,2-8H2,1H3,(H2,15,16,17);1H. The van der Waals surface area contributed by atoms with Gasteiger partial charge in [0.25, 0.3) is 0 Å². The zero-order chi connectivity index (χ0) is 15.9. The summed E-state index contributed by atoms with van der Waals surface area (Å²) in [4.78, 5) is 3.94. The van der Waals surface area contributed by atoms with E-state index in [0.717, 1.165) is 0 Å². The van der Waals surface area contributed by atoms with E-state index >= 15 is 0 Å². The third-order valence-corrected chi connectivity index (χ3v) is 4.59. The fraction of sp³-hybridized carbons (Fsp3) is 0.909. The van der Waals surface area contributed by atoms with E-state index in [1.54, 1.807) is 7.05 Å². The van der Waals surface area contributed by atoms with E-state index in [2.05, 4.69) is 20.4 Å². The van der Waals surface area contributed by atoms with Gasteiger partial charge in [0, 0.05) is 26.2 Å². The number of sulfone groups is 1. The Kier molecular flexibility index (Phi) is 9.62. The van der Waals surface area contributed by atoms with Crippen molar-refractivity contribution in [2.24, 2.45) is 4.99 Å². The van der Waals surface area contributed by atoms with Crippen LogP contribution in [0.3, 0.4) is 0 Å². The summed E-state index contributed by atoms with van der Waals surface area (Å²) in [6.45, 7) is -0.877. The molecular formula is C11H21F3IN3O3S. The Morgan fingerprint density at radius 3 is 2.59 bits per heavy atom. The highest BCUT2D eigenvalue weighted by molar-refractivity contribution is 14.0. The molecule has 0 radical (unpaired) electrons. The molecule has 132 valence electrons. The second kappa shape index (κ2) is 9.75. The molecule has 0 aliphatic carbocycles. The van der Waals surface area contributed by atoms with Crippen LogP contribution in [0.1, 0.15) is 12.8 Å². The summed E-state index contributed by atoms with van der Waals surface area (Å²) in [5.41, 5.74) is 0. The van der Waals surface area contributed by atoms with Crippen molar-refractivity contribution in [2.75, 3.05) is 38.3 Å². The number of nitrogens with one attached hydrogen (secondary N) is 2. The lowest BCUT2D eigenvalue weighted by Crippen LogP contribution is -2.44. The average molecular weight is 459 g/mol. The van der Waals surface area contributed by atoms with E-state index in [1.165, 1.54) is 0 Å².